The van der Waals surface area contributed by atoms with Gasteiger partial charge in [0.1, 0.15) is 0 Å². The number of nitrogens with zero attached hydrogens (tertiary/aromatic N) is 2. The number of nitrogens with one attached hydrogen (secondary N) is 1. The van der Waals surface area contributed by atoms with Gasteiger partial charge in [0.05, 0.1) is 6.04 Å². The summed E-state index contributed by atoms with van der Waals surface area (Å²) >= 11 is 6.48. The first kappa shape index (κ1) is 16.8. The zero-order valence-corrected chi connectivity index (χ0v) is 15.3. The SMILES string of the molecule is Clc1ccccc1CC1(C2CN(C3CCC3)CCC[N]2)CCCN1. The van der Waals surface area contributed by atoms with Gasteiger partial charge in [-0.25, -0.2) is 5.32 Å². The highest BCUT2D eigenvalue weighted by molar-refractivity contribution is 6.31. The largest absolute Gasteiger partial charge is 0.309 e. The summed E-state index contributed by atoms with van der Waals surface area (Å²) in [6, 6.07) is 9.54. The quantitative estimate of drug-likeness (QED) is 0.907. The normalized spacial score (nSPS) is 32.5. The van der Waals surface area contributed by atoms with Crippen molar-refractivity contribution in [3.8, 4) is 0 Å². The molecule has 24 heavy (non-hydrogen) atoms. The minimum absolute atomic E-state index is 0.0946. The maximum Gasteiger partial charge on any atom is 0.0558 e. The van der Waals surface area contributed by atoms with Crippen molar-refractivity contribution in [1.82, 2.24) is 15.5 Å². The van der Waals surface area contributed by atoms with Crippen LogP contribution in [0.3, 0.4) is 0 Å². The summed E-state index contributed by atoms with van der Waals surface area (Å²) in [7, 11) is 0. The Kier molecular flexibility index (Phi) is 5.14. The van der Waals surface area contributed by atoms with Crippen molar-refractivity contribution in [1.29, 1.82) is 0 Å². The van der Waals surface area contributed by atoms with Crippen molar-refractivity contribution in [2.24, 2.45) is 0 Å². The van der Waals surface area contributed by atoms with E-state index in [0.29, 0.717) is 6.04 Å². The third-order valence-electron chi connectivity index (χ3n) is 6.33. The van der Waals surface area contributed by atoms with Crippen molar-refractivity contribution < 1.29 is 0 Å². The van der Waals surface area contributed by atoms with E-state index in [9.17, 15) is 0 Å². The summed E-state index contributed by atoms with van der Waals surface area (Å²) < 4.78 is 0. The van der Waals surface area contributed by atoms with Gasteiger partial charge in [-0.1, -0.05) is 36.2 Å². The molecule has 2 atom stereocenters. The zero-order chi connectivity index (χ0) is 16.4. The van der Waals surface area contributed by atoms with E-state index < -0.39 is 0 Å². The Hall–Kier alpha value is -0.610. The molecule has 2 unspecified atom stereocenters. The lowest BCUT2D eigenvalue weighted by atomic mass is 9.81. The van der Waals surface area contributed by atoms with E-state index in [1.54, 1.807) is 0 Å². The summed E-state index contributed by atoms with van der Waals surface area (Å²) in [6.45, 7) is 4.48. The molecule has 2 heterocycles. The van der Waals surface area contributed by atoms with Gasteiger partial charge in [-0.2, -0.15) is 0 Å². The molecule has 4 rings (SSSR count). The molecule has 1 radical (unpaired) electrons. The van der Waals surface area contributed by atoms with E-state index in [0.717, 1.165) is 37.1 Å². The topological polar surface area (TPSA) is 29.4 Å². The molecule has 1 saturated carbocycles. The Balaban J connectivity index is 1.55. The second kappa shape index (κ2) is 7.33. The van der Waals surface area contributed by atoms with E-state index >= 15 is 0 Å². The number of hydrogen-bond acceptors (Lipinski definition) is 2. The van der Waals surface area contributed by atoms with Crippen LogP contribution in [0.5, 0.6) is 0 Å². The summed E-state index contributed by atoms with van der Waals surface area (Å²) in [4.78, 5) is 2.74. The van der Waals surface area contributed by atoms with Crippen molar-refractivity contribution in [2.75, 3.05) is 26.2 Å². The predicted octanol–water partition coefficient (Wildman–Crippen LogP) is 3.24. The molecule has 3 aliphatic rings. The molecule has 0 amide bonds. The van der Waals surface area contributed by atoms with Crippen LogP contribution in [0.15, 0.2) is 24.3 Å². The lowest BCUT2D eigenvalue weighted by Gasteiger charge is -2.43. The smallest absolute Gasteiger partial charge is 0.0558 e. The van der Waals surface area contributed by atoms with E-state index in [-0.39, 0.29) is 5.54 Å². The molecule has 2 aliphatic heterocycles. The van der Waals surface area contributed by atoms with Crippen LogP contribution >= 0.6 is 11.6 Å². The summed E-state index contributed by atoms with van der Waals surface area (Å²) in [5, 5.41) is 9.90. The van der Waals surface area contributed by atoms with Crippen molar-refractivity contribution in [3.63, 3.8) is 0 Å². The van der Waals surface area contributed by atoms with Crippen LogP contribution < -0.4 is 10.6 Å². The summed E-state index contributed by atoms with van der Waals surface area (Å²) in [5.74, 6) is 0. The third kappa shape index (κ3) is 3.37. The van der Waals surface area contributed by atoms with Crippen LogP contribution in [0.2, 0.25) is 5.02 Å². The Labute approximate surface area is 151 Å². The molecule has 1 aliphatic carbocycles. The second-order valence-corrected chi connectivity index (χ2v) is 8.22. The van der Waals surface area contributed by atoms with Gasteiger partial charge in [-0.3, -0.25) is 4.90 Å². The third-order valence-corrected chi connectivity index (χ3v) is 6.70. The van der Waals surface area contributed by atoms with E-state index in [1.807, 2.05) is 12.1 Å². The Morgan fingerprint density at radius 1 is 1.21 bits per heavy atom. The van der Waals surface area contributed by atoms with Crippen LogP contribution in [0, 0.1) is 0 Å². The minimum atomic E-state index is 0.0946. The average Bonchev–Trinajstić information content (AvgIpc) is 2.87. The van der Waals surface area contributed by atoms with Gasteiger partial charge in [0, 0.05) is 29.7 Å². The highest BCUT2D eigenvalue weighted by atomic mass is 35.5. The average molecular weight is 347 g/mol. The number of benzene rings is 1. The number of hydrogen-bond donors (Lipinski definition) is 1. The van der Waals surface area contributed by atoms with Crippen LogP contribution in [-0.2, 0) is 6.42 Å². The Morgan fingerprint density at radius 3 is 2.79 bits per heavy atom. The maximum absolute atomic E-state index is 6.48. The van der Waals surface area contributed by atoms with Crippen LogP contribution in [-0.4, -0.2) is 48.7 Å². The molecular weight excluding hydrogens is 318 g/mol. The number of rotatable bonds is 4. The molecule has 1 aromatic rings. The van der Waals surface area contributed by atoms with Crippen LogP contribution in [0.25, 0.3) is 0 Å². The molecule has 1 N–H and O–H groups in total. The molecule has 2 saturated heterocycles. The fourth-order valence-electron chi connectivity index (χ4n) is 4.69. The standard InChI is InChI=1S/C20H29ClN3/c21-18-9-2-1-6-16(18)14-20(10-4-12-23-20)19-15-24(13-5-11-22-19)17-7-3-8-17/h1-2,6,9,17,19,23H,3-5,7-8,10-15H2. The maximum atomic E-state index is 6.48. The number of halogens is 1. The van der Waals surface area contributed by atoms with Crippen LogP contribution in [0.4, 0.5) is 0 Å². The summed E-state index contributed by atoms with van der Waals surface area (Å²) in [5.41, 5.74) is 1.36. The summed E-state index contributed by atoms with van der Waals surface area (Å²) in [6.07, 6.45) is 8.86. The molecule has 0 bridgehead atoms. The molecule has 0 aromatic heterocycles. The monoisotopic (exact) mass is 346 g/mol. The fraction of sp³-hybridized carbons (Fsp3) is 0.700. The molecule has 131 valence electrons. The van der Waals surface area contributed by atoms with Gasteiger partial charge in [-0.05, 0) is 63.2 Å². The van der Waals surface area contributed by atoms with Gasteiger partial charge in [-0.15, -0.1) is 0 Å². The minimum Gasteiger partial charge on any atom is -0.309 e. The van der Waals surface area contributed by atoms with Crippen molar-refractivity contribution in [3.05, 3.63) is 34.9 Å². The predicted molar refractivity (Wildman–Crippen MR) is 99.7 cm³/mol. The van der Waals surface area contributed by atoms with Gasteiger partial charge in [0.2, 0.25) is 0 Å². The fourth-order valence-corrected chi connectivity index (χ4v) is 4.89. The molecule has 3 fully saturated rings. The van der Waals surface area contributed by atoms with Gasteiger partial charge < -0.3 is 5.32 Å². The van der Waals surface area contributed by atoms with Gasteiger partial charge in [0.25, 0.3) is 0 Å². The Bertz CT molecular complexity index is 552. The van der Waals surface area contributed by atoms with E-state index in [1.165, 1.54) is 50.6 Å². The second-order valence-electron chi connectivity index (χ2n) is 7.81. The van der Waals surface area contributed by atoms with Crippen molar-refractivity contribution in [2.45, 2.75) is 62.6 Å². The molecular formula is C20H29ClN3. The van der Waals surface area contributed by atoms with Crippen LogP contribution in [0.1, 0.15) is 44.1 Å². The molecule has 0 spiro atoms. The zero-order valence-electron chi connectivity index (χ0n) is 14.5. The Morgan fingerprint density at radius 2 is 2.08 bits per heavy atom. The molecule has 1 aromatic carbocycles. The first-order chi connectivity index (χ1) is 11.8. The molecule has 4 heteroatoms. The highest BCUT2D eigenvalue weighted by Crippen LogP contribution is 2.34. The van der Waals surface area contributed by atoms with Crippen molar-refractivity contribution >= 4 is 11.6 Å². The molecule has 3 nitrogen and oxygen atoms in total. The van der Waals surface area contributed by atoms with E-state index in [4.69, 9.17) is 16.9 Å². The van der Waals surface area contributed by atoms with Gasteiger partial charge in [0.15, 0.2) is 0 Å². The first-order valence-electron chi connectivity index (χ1n) is 9.66. The lowest BCUT2D eigenvalue weighted by Crippen LogP contribution is -2.60. The van der Waals surface area contributed by atoms with E-state index in [2.05, 4.69) is 22.3 Å². The van der Waals surface area contributed by atoms with Gasteiger partial charge >= 0.3 is 0 Å². The first-order valence-corrected chi connectivity index (χ1v) is 10.0. The highest BCUT2D eigenvalue weighted by Gasteiger charge is 2.44. The lowest BCUT2D eigenvalue weighted by molar-refractivity contribution is 0.105.